The molecule has 0 spiro atoms. The molecule has 2 aliphatic rings. The molecule has 1 aliphatic heterocycles. The fraction of sp³-hybridized carbons (Fsp3) is 0.632. The fourth-order valence-corrected chi connectivity index (χ4v) is 4.70. The summed E-state index contributed by atoms with van der Waals surface area (Å²) in [5.41, 5.74) is 0.970. The number of benzene rings is 1. The average Bonchev–Trinajstić information content (AvgIpc) is 3.10. The van der Waals surface area contributed by atoms with Crippen LogP contribution in [0.4, 0.5) is 4.39 Å². The molecule has 25 heavy (non-hydrogen) atoms. The lowest BCUT2D eigenvalue weighted by Crippen LogP contribution is -2.46. The van der Waals surface area contributed by atoms with E-state index in [1.807, 2.05) is 17.8 Å². The maximum atomic E-state index is 13.4. The highest BCUT2D eigenvalue weighted by Gasteiger charge is 2.28. The van der Waals surface area contributed by atoms with E-state index < -0.39 is 0 Å². The van der Waals surface area contributed by atoms with E-state index in [1.54, 1.807) is 12.1 Å². The Bertz CT molecular complexity index is 548. The van der Waals surface area contributed by atoms with Crippen molar-refractivity contribution < 1.29 is 9.18 Å². The largest absolute Gasteiger partial charge is 0.339 e. The lowest BCUT2D eigenvalue weighted by atomic mass is 10.1. The Morgan fingerprint density at radius 3 is 2.80 bits per heavy atom. The van der Waals surface area contributed by atoms with E-state index >= 15 is 0 Å². The zero-order valence-electron chi connectivity index (χ0n) is 14.6. The molecule has 1 aromatic rings. The van der Waals surface area contributed by atoms with Gasteiger partial charge in [0.1, 0.15) is 5.82 Å². The lowest BCUT2D eigenvalue weighted by molar-refractivity contribution is -0.133. The number of halogens is 2. The van der Waals surface area contributed by atoms with Gasteiger partial charge in [0.2, 0.25) is 5.91 Å². The summed E-state index contributed by atoms with van der Waals surface area (Å²) >= 11 is 1.93. The van der Waals surface area contributed by atoms with E-state index in [9.17, 15) is 9.18 Å². The summed E-state index contributed by atoms with van der Waals surface area (Å²) in [6.45, 7) is 1.70. The van der Waals surface area contributed by atoms with Gasteiger partial charge in [0.05, 0.1) is 0 Å². The maximum Gasteiger partial charge on any atom is 0.224 e. The second-order valence-electron chi connectivity index (χ2n) is 6.84. The van der Waals surface area contributed by atoms with Crippen molar-refractivity contribution in [3.05, 3.63) is 35.6 Å². The van der Waals surface area contributed by atoms with Gasteiger partial charge in [0.25, 0.3) is 0 Å². The van der Waals surface area contributed by atoms with E-state index in [0.29, 0.717) is 25.0 Å². The second-order valence-corrected chi connectivity index (χ2v) is 7.99. The molecule has 1 amide bonds. The van der Waals surface area contributed by atoms with E-state index in [1.165, 1.54) is 18.9 Å². The third-order valence-corrected chi connectivity index (χ3v) is 6.17. The molecule has 3 rings (SSSR count). The fourth-order valence-electron chi connectivity index (χ4n) is 3.75. The average molecular weight is 387 g/mol. The van der Waals surface area contributed by atoms with Crippen LogP contribution in [0.15, 0.2) is 24.3 Å². The molecule has 3 nitrogen and oxygen atoms in total. The summed E-state index contributed by atoms with van der Waals surface area (Å²) in [4.78, 5) is 15.0. The van der Waals surface area contributed by atoms with E-state index in [-0.39, 0.29) is 24.1 Å². The molecule has 1 aliphatic carbocycles. The van der Waals surface area contributed by atoms with Crippen LogP contribution < -0.4 is 5.32 Å². The maximum absolute atomic E-state index is 13.4. The summed E-state index contributed by atoms with van der Waals surface area (Å²) < 4.78 is 13.4. The summed E-state index contributed by atoms with van der Waals surface area (Å²) in [5, 5.41) is 3.46. The topological polar surface area (TPSA) is 32.3 Å². The van der Waals surface area contributed by atoms with Gasteiger partial charge in [-0.3, -0.25) is 4.79 Å². The summed E-state index contributed by atoms with van der Waals surface area (Å²) in [5.74, 6) is 2.22. The van der Waals surface area contributed by atoms with Crippen LogP contribution >= 0.6 is 24.2 Å². The van der Waals surface area contributed by atoms with Crippen LogP contribution in [0.1, 0.15) is 37.7 Å². The van der Waals surface area contributed by atoms with Gasteiger partial charge >= 0.3 is 0 Å². The van der Waals surface area contributed by atoms with Crippen molar-refractivity contribution in [3.63, 3.8) is 0 Å². The summed E-state index contributed by atoms with van der Waals surface area (Å²) in [6, 6.07) is 7.42. The first-order chi connectivity index (χ1) is 11.7. The standard InChI is InChI=1S/C19H27FN2OS.ClH/c20-16-5-3-4-15(12-16)8-10-22(18-6-1-2-7-18)19(23)13-17-14-24-11-9-21-17;/h3-5,12,17-18,21H,1-2,6-11,13-14H2;1H. The normalized spacial score (nSPS) is 20.9. The van der Waals surface area contributed by atoms with Crippen LogP contribution in [0, 0.1) is 5.82 Å². The van der Waals surface area contributed by atoms with Gasteiger partial charge in [-0.15, -0.1) is 12.4 Å². The molecule has 1 N–H and O–H groups in total. The highest BCUT2D eigenvalue weighted by molar-refractivity contribution is 7.99. The Labute approximate surface area is 160 Å². The zero-order chi connectivity index (χ0) is 16.8. The van der Waals surface area contributed by atoms with Crippen molar-refractivity contribution in [2.75, 3.05) is 24.6 Å². The quantitative estimate of drug-likeness (QED) is 0.809. The van der Waals surface area contributed by atoms with Crippen molar-refractivity contribution in [2.45, 2.75) is 50.6 Å². The number of rotatable bonds is 6. The molecule has 140 valence electrons. The highest BCUT2D eigenvalue weighted by atomic mass is 35.5. The van der Waals surface area contributed by atoms with Gasteiger partial charge in [0, 0.05) is 43.1 Å². The molecule has 2 fully saturated rings. The van der Waals surface area contributed by atoms with Gasteiger partial charge in [0.15, 0.2) is 0 Å². The molecule has 1 heterocycles. The van der Waals surface area contributed by atoms with Crippen molar-refractivity contribution in [1.29, 1.82) is 0 Å². The van der Waals surface area contributed by atoms with Crippen molar-refractivity contribution in [3.8, 4) is 0 Å². The minimum Gasteiger partial charge on any atom is -0.339 e. The van der Waals surface area contributed by atoms with Crippen LogP contribution in [0.5, 0.6) is 0 Å². The predicted molar refractivity (Wildman–Crippen MR) is 105 cm³/mol. The Kier molecular flexibility index (Phi) is 8.53. The smallest absolute Gasteiger partial charge is 0.224 e. The van der Waals surface area contributed by atoms with Gasteiger partial charge in [-0.25, -0.2) is 4.39 Å². The van der Waals surface area contributed by atoms with Crippen LogP contribution in [0.25, 0.3) is 0 Å². The predicted octanol–water partition coefficient (Wildman–Crippen LogP) is 3.66. The second kappa shape index (κ2) is 10.4. The number of carbonyl (C=O) groups excluding carboxylic acids is 1. The molecule has 1 aromatic carbocycles. The molecular weight excluding hydrogens is 359 g/mol. The molecule has 0 radical (unpaired) electrons. The number of hydrogen-bond donors (Lipinski definition) is 1. The number of thioether (sulfide) groups is 1. The lowest BCUT2D eigenvalue weighted by Gasteiger charge is -2.32. The Morgan fingerprint density at radius 2 is 2.12 bits per heavy atom. The Morgan fingerprint density at radius 1 is 1.32 bits per heavy atom. The molecule has 0 bridgehead atoms. The number of hydrogen-bond acceptors (Lipinski definition) is 3. The molecule has 6 heteroatoms. The molecule has 1 unspecified atom stereocenters. The highest BCUT2D eigenvalue weighted by Crippen LogP contribution is 2.25. The number of nitrogens with one attached hydrogen (secondary N) is 1. The van der Waals surface area contributed by atoms with Gasteiger partial charge in [-0.2, -0.15) is 11.8 Å². The van der Waals surface area contributed by atoms with Crippen LogP contribution in [-0.2, 0) is 11.2 Å². The number of nitrogens with zero attached hydrogens (tertiary/aromatic N) is 1. The van der Waals surface area contributed by atoms with Crippen molar-refractivity contribution in [2.24, 2.45) is 0 Å². The third-order valence-electron chi connectivity index (χ3n) is 5.04. The van der Waals surface area contributed by atoms with E-state index in [0.717, 1.165) is 42.9 Å². The number of amides is 1. The summed E-state index contributed by atoms with van der Waals surface area (Å²) in [7, 11) is 0. The first-order valence-electron chi connectivity index (χ1n) is 9.07. The van der Waals surface area contributed by atoms with Crippen LogP contribution in [0.2, 0.25) is 0 Å². The first-order valence-corrected chi connectivity index (χ1v) is 10.2. The zero-order valence-corrected chi connectivity index (χ0v) is 16.2. The molecule has 1 saturated carbocycles. The van der Waals surface area contributed by atoms with Gasteiger partial charge in [-0.1, -0.05) is 25.0 Å². The minimum absolute atomic E-state index is 0. The van der Waals surface area contributed by atoms with Gasteiger partial charge < -0.3 is 10.2 Å². The molecular formula is C19H28ClFN2OS. The third kappa shape index (κ3) is 6.15. The molecule has 1 saturated heterocycles. The van der Waals surface area contributed by atoms with Crippen molar-refractivity contribution in [1.82, 2.24) is 10.2 Å². The number of carbonyl (C=O) groups is 1. The first kappa shape index (κ1) is 20.5. The monoisotopic (exact) mass is 386 g/mol. The van der Waals surface area contributed by atoms with Crippen LogP contribution in [-0.4, -0.2) is 47.5 Å². The van der Waals surface area contributed by atoms with Crippen LogP contribution in [0.3, 0.4) is 0 Å². The van der Waals surface area contributed by atoms with Crippen molar-refractivity contribution >= 4 is 30.1 Å². The van der Waals surface area contributed by atoms with E-state index in [2.05, 4.69) is 10.2 Å². The summed E-state index contributed by atoms with van der Waals surface area (Å²) in [6.07, 6.45) is 5.97. The van der Waals surface area contributed by atoms with E-state index in [4.69, 9.17) is 0 Å². The Balaban J connectivity index is 0.00000225. The molecule has 1 atom stereocenters. The minimum atomic E-state index is -0.199. The Hall–Kier alpha value is -0.780. The molecule has 0 aromatic heterocycles. The van der Waals surface area contributed by atoms with Gasteiger partial charge in [-0.05, 0) is 37.0 Å². The SMILES string of the molecule is Cl.O=C(CC1CSCCN1)N(CCc1cccc(F)c1)C1CCCC1.